The van der Waals surface area contributed by atoms with Crippen LogP contribution in [0.5, 0.6) is 5.75 Å². The molecule has 3 fully saturated rings. The van der Waals surface area contributed by atoms with Gasteiger partial charge in [-0.3, -0.25) is 14.3 Å². The number of hydrogen-bond donors (Lipinski definition) is 3. The van der Waals surface area contributed by atoms with Gasteiger partial charge in [0.05, 0.1) is 6.33 Å². The molecule has 3 N–H and O–H groups in total. The van der Waals surface area contributed by atoms with Crippen LogP contribution in [0.3, 0.4) is 0 Å². The Morgan fingerprint density at radius 3 is 2.69 bits per heavy atom. The fourth-order valence-electron chi connectivity index (χ4n) is 6.29. The van der Waals surface area contributed by atoms with Crippen molar-refractivity contribution >= 4 is 40.5 Å². The number of anilines is 1. The molecule has 2 aromatic heterocycles. The van der Waals surface area contributed by atoms with Crippen molar-refractivity contribution < 1.29 is 29.3 Å². The number of aliphatic carboxylic acids is 1. The van der Waals surface area contributed by atoms with Crippen molar-refractivity contribution in [2.75, 3.05) is 38.1 Å². The number of aliphatic hydroxyl groups excluding tert-OH is 1. The number of hydrogen-bond acceptors (Lipinski definition) is 11. The van der Waals surface area contributed by atoms with E-state index in [0.717, 1.165) is 13.1 Å². The van der Waals surface area contributed by atoms with Crippen molar-refractivity contribution in [3.8, 4) is 5.75 Å². The number of halogens is 1. The second-order valence-electron chi connectivity index (χ2n) is 11.3. The van der Waals surface area contributed by atoms with Crippen molar-refractivity contribution in [2.45, 2.75) is 62.7 Å². The molecule has 0 bridgehead atoms. The van der Waals surface area contributed by atoms with Gasteiger partial charge in [0.1, 0.15) is 24.2 Å². The molecule has 1 saturated carbocycles. The number of aliphatic hydroxyl groups is 1. The van der Waals surface area contributed by atoms with Crippen LogP contribution in [0.2, 0.25) is 5.02 Å². The second kappa shape index (κ2) is 13.4. The van der Waals surface area contributed by atoms with E-state index in [1.807, 2.05) is 4.90 Å². The first kappa shape index (κ1) is 30.8. The average molecular weight is 641 g/mol. The highest BCUT2D eigenvalue weighted by Gasteiger charge is 2.48. The molecule has 3 aromatic rings. The van der Waals surface area contributed by atoms with E-state index in [2.05, 4.69) is 35.2 Å². The Bertz CT molecular complexity index is 1600. The van der Waals surface area contributed by atoms with E-state index in [0.29, 0.717) is 46.8 Å². The molecular formula is C28H33ClN10O6. The Morgan fingerprint density at radius 1 is 1.18 bits per heavy atom. The number of amides is 1. The van der Waals surface area contributed by atoms with Gasteiger partial charge in [-0.15, -0.1) is 0 Å². The van der Waals surface area contributed by atoms with Gasteiger partial charge in [0, 0.05) is 54.3 Å². The van der Waals surface area contributed by atoms with Crippen LogP contribution in [-0.2, 0) is 20.9 Å². The molecule has 4 heterocycles. The summed E-state index contributed by atoms with van der Waals surface area (Å²) in [6.45, 7) is 3.27. The van der Waals surface area contributed by atoms with Crippen LogP contribution in [-0.4, -0.2) is 108 Å². The number of nitrogens with zero attached hydrogens (tertiary/aromatic N) is 9. The first-order valence-corrected chi connectivity index (χ1v) is 15.2. The number of aromatic nitrogens is 4. The Morgan fingerprint density at radius 2 is 1.96 bits per heavy atom. The Kier molecular flexibility index (Phi) is 9.19. The Balaban J connectivity index is 1.11. The number of benzene rings is 1. The van der Waals surface area contributed by atoms with E-state index < -0.39 is 30.4 Å². The van der Waals surface area contributed by atoms with E-state index in [1.165, 1.54) is 42.9 Å². The fourth-order valence-corrected chi connectivity index (χ4v) is 6.49. The van der Waals surface area contributed by atoms with Gasteiger partial charge in [0.15, 0.2) is 35.9 Å². The maximum Gasteiger partial charge on any atom is 0.333 e. The van der Waals surface area contributed by atoms with Gasteiger partial charge in [-0.25, -0.2) is 19.7 Å². The van der Waals surface area contributed by atoms with E-state index in [1.54, 1.807) is 18.2 Å². The number of piperazine rings is 1. The number of nitrogens with one attached hydrogen (secondary N) is 1. The molecule has 17 heteroatoms. The van der Waals surface area contributed by atoms with Gasteiger partial charge in [0.25, 0.3) is 5.91 Å². The number of carboxylic acid groups (broad SMARTS) is 1. The lowest BCUT2D eigenvalue weighted by atomic mass is 10.1. The lowest BCUT2D eigenvalue weighted by molar-refractivity contribution is -0.152. The molecular weight excluding hydrogens is 608 g/mol. The number of carbonyl (C=O) groups excluding carboxylic acids is 1. The van der Waals surface area contributed by atoms with Gasteiger partial charge >= 0.3 is 5.97 Å². The van der Waals surface area contributed by atoms with Gasteiger partial charge in [0.2, 0.25) is 0 Å². The van der Waals surface area contributed by atoms with Gasteiger partial charge in [-0.1, -0.05) is 29.6 Å². The zero-order chi connectivity index (χ0) is 31.5. The summed E-state index contributed by atoms with van der Waals surface area (Å²) in [5.74, 6) is -0.609. The van der Waals surface area contributed by atoms with E-state index in [4.69, 9.17) is 26.6 Å². The lowest BCUT2D eigenvalue weighted by Gasteiger charge is -2.38. The van der Waals surface area contributed by atoms with Crippen molar-refractivity contribution in [3.05, 3.63) is 51.9 Å². The van der Waals surface area contributed by atoms with Crippen LogP contribution in [0.25, 0.3) is 21.6 Å². The second-order valence-corrected chi connectivity index (χ2v) is 11.7. The molecule has 6 rings (SSSR count). The third-order valence-corrected chi connectivity index (χ3v) is 8.86. The molecule has 1 amide bonds. The highest BCUT2D eigenvalue weighted by molar-refractivity contribution is 6.30. The molecule has 0 radical (unpaired) electrons. The number of carboxylic acids is 1. The molecule has 2 aliphatic heterocycles. The van der Waals surface area contributed by atoms with Crippen LogP contribution >= 0.6 is 11.6 Å². The quantitative estimate of drug-likeness (QED) is 0.167. The van der Waals surface area contributed by atoms with Crippen LogP contribution in [0.15, 0.2) is 36.0 Å². The third-order valence-electron chi connectivity index (χ3n) is 8.63. The number of imidazole rings is 1. The largest absolute Gasteiger partial charge is 0.483 e. The summed E-state index contributed by atoms with van der Waals surface area (Å²) in [7, 11) is 0. The fraction of sp³-hybridized carbons (Fsp3) is 0.536. The predicted molar refractivity (Wildman–Crippen MR) is 160 cm³/mol. The zero-order valence-electron chi connectivity index (χ0n) is 24.3. The topological polar surface area (TPSA) is 204 Å². The Hall–Kier alpha value is -4.21. The molecule has 2 saturated heterocycles. The Labute approximate surface area is 262 Å². The van der Waals surface area contributed by atoms with Crippen LogP contribution in [0, 0.1) is 0 Å². The first-order valence-electron chi connectivity index (χ1n) is 14.8. The minimum absolute atomic E-state index is 0.0675. The normalized spacial score (nSPS) is 24.1. The number of azide groups is 1. The highest BCUT2D eigenvalue weighted by Crippen LogP contribution is 2.34. The molecule has 1 aliphatic carbocycles. The summed E-state index contributed by atoms with van der Waals surface area (Å²) in [4.78, 5) is 44.5. The van der Waals surface area contributed by atoms with Crippen molar-refractivity contribution in [2.24, 2.45) is 5.11 Å². The summed E-state index contributed by atoms with van der Waals surface area (Å²) in [6.07, 6.45) is 3.46. The summed E-state index contributed by atoms with van der Waals surface area (Å²) in [6, 6.07) is 4.44. The summed E-state index contributed by atoms with van der Waals surface area (Å²) in [5, 5.41) is 27.3. The van der Waals surface area contributed by atoms with Crippen LogP contribution < -0.4 is 10.1 Å². The minimum atomic E-state index is -1.55. The lowest BCUT2D eigenvalue weighted by Crippen LogP contribution is -2.52. The van der Waals surface area contributed by atoms with E-state index in [9.17, 15) is 19.8 Å². The smallest absolute Gasteiger partial charge is 0.333 e. The van der Waals surface area contributed by atoms with Gasteiger partial charge in [-0.05, 0) is 36.6 Å². The molecule has 0 spiro atoms. The van der Waals surface area contributed by atoms with Crippen LogP contribution in [0.1, 0.15) is 37.5 Å². The number of ether oxygens (including phenoxy) is 2. The van der Waals surface area contributed by atoms with Crippen molar-refractivity contribution in [1.29, 1.82) is 0 Å². The van der Waals surface area contributed by atoms with Crippen LogP contribution in [0.4, 0.5) is 5.82 Å². The molecule has 16 nitrogen and oxygen atoms in total. The minimum Gasteiger partial charge on any atom is -0.483 e. The first-order chi connectivity index (χ1) is 21.8. The van der Waals surface area contributed by atoms with Crippen molar-refractivity contribution in [1.82, 2.24) is 29.3 Å². The van der Waals surface area contributed by atoms with E-state index in [-0.39, 0.29) is 24.7 Å². The molecule has 1 aromatic carbocycles. The molecule has 4 atom stereocenters. The molecule has 4 unspecified atom stereocenters. The monoisotopic (exact) mass is 640 g/mol. The summed E-state index contributed by atoms with van der Waals surface area (Å²) >= 11 is 6.29. The SMILES string of the molecule is [N-]=[N+]=NC1C(C(=O)O)OC(n2cnc3c(NCc4cc(Cl)ccc4OCC(=O)N4CCN(C5CCCC5)CC4)ncnc32)C1O. The number of rotatable bonds is 10. The number of fused-ring (bicyclic) bond motifs is 1. The van der Waals surface area contributed by atoms with Crippen molar-refractivity contribution in [3.63, 3.8) is 0 Å². The third kappa shape index (κ3) is 6.46. The zero-order valence-corrected chi connectivity index (χ0v) is 25.0. The maximum absolute atomic E-state index is 13.0. The highest BCUT2D eigenvalue weighted by atomic mass is 35.5. The van der Waals surface area contributed by atoms with Gasteiger partial charge in [-0.2, -0.15) is 0 Å². The summed E-state index contributed by atoms with van der Waals surface area (Å²) < 4.78 is 12.9. The van der Waals surface area contributed by atoms with Gasteiger partial charge < -0.3 is 29.9 Å². The number of carbonyl (C=O) groups is 2. The van der Waals surface area contributed by atoms with E-state index >= 15 is 0 Å². The molecule has 238 valence electrons. The predicted octanol–water partition coefficient (Wildman–Crippen LogP) is 2.58. The standard InChI is InChI=1S/C28H33ClN10O6/c29-17-5-6-19(44-13-20(40)38-9-7-37(8-10-38)18-3-1-2-4-18)16(11-17)12-31-25-22-26(33-14-32-25)39(15-34-22)27-23(41)21(35-36-30)24(45-27)28(42)43/h5-6,11,14-15,18,21,23-24,27,41H,1-4,7-10,12-13H2,(H,42,43)(H,31,32,33). The molecule has 45 heavy (non-hydrogen) atoms. The summed E-state index contributed by atoms with van der Waals surface area (Å²) in [5.41, 5.74) is 10.1. The average Bonchev–Trinajstić information content (AvgIpc) is 3.80. The maximum atomic E-state index is 13.0. The molecule has 3 aliphatic rings.